The van der Waals surface area contributed by atoms with Gasteiger partial charge in [0, 0.05) is 0 Å². The minimum atomic E-state index is -3.50. The summed E-state index contributed by atoms with van der Waals surface area (Å²) in [5.74, 6) is -0.884. The molecule has 0 aliphatic rings. The molecule has 0 radical (unpaired) electrons. The molecule has 6 heteroatoms. The highest BCUT2D eigenvalue weighted by Gasteiger charge is 2.24. The van der Waals surface area contributed by atoms with Crippen LogP contribution in [0.15, 0.2) is 58.3 Å². The second-order valence-electron chi connectivity index (χ2n) is 6.29. The average Bonchev–Trinajstić information content (AvgIpc) is 2.56. The number of aryl methyl sites for hydroxylation is 2. The van der Waals surface area contributed by atoms with Gasteiger partial charge in [-0.25, -0.2) is 16.8 Å². The molecular weight excluding hydrogens is 368 g/mol. The molecule has 2 aromatic carbocycles. The molecule has 2 aromatic rings. The van der Waals surface area contributed by atoms with E-state index in [4.69, 9.17) is 0 Å². The van der Waals surface area contributed by atoms with Crippen LogP contribution >= 0.6 is 0 Å². The standard InChI is InChI=1S/C18H22O4S2.C2H6/c1-14-4-8-17(9-5-14)23(19,20)12-16(3)13-24(21,22)18-10-6-15(2)7-11-18;1-2/h4-11,16H,12-13H2,1-3H3;1-2H3. The topological polar surface area (TPSA) is 68.3 Å². The third kappa shape index (κ3) is 6.25. The first kappa shape index (κ1) is 22.4. The van der Waals surface area contributed by atoms with E-state index >= 15 is 0 Å². The van der Waals surface area contributed by atoms with E-state index in [-0.39, 0.29) is 21.3 Å². The molecule has 144 valence electrons. The van der Waals surface area contributed by atoms with Gasteiger partial charge < -0.3 is 0 Å². The SMILES string of the molecule is CC.Cc1ccc(S(=O)(=O)CC(C)CS(=O)(=O)c2ccc(C)cc2)cc1. The number of hydrogen-bond donors (Lipinski definition) is 0. The van der Waals surface area contributed by atoms with E-state index in [1.165, 1.54) is 0 Å². The Hall–Kier alpha value is -1.66. The highest BCUT2D eigenvalue weighted by atomic mass is 32.2. The highest BCUT2D eigenvalue weighted by Crippen LogP contribution is 2.19. The van der Waals surface area contributed by atoms with Gasteiger partial charge in [0.25, 0.3) is 0 Å². The largest absolute Gasteiger partial charge is 0.224 e. The Balaban J connectivity index is 0.00000163. The Morgan fingerprint density at radius 1 is 0.654 bits per heavy atom. The van der Waals surface area contributed by atoms with Crippen molar-refractivity contribution in [2.75, 3.05) is 11.5 Å². The van der Waals surface area contributed by atoms with Crippen LogP contribution in [0, 0.1) is 19.8 Å². The van der Waals surface area contributed by atoms with Crippen LogP contribution in [0.25, 0.3) is 0 Å². The fraction of sp³-hybridized carbons (Fsp3) is 0.400. The second kappa shape index (κ2) is 9.33. The maximum absolute atomic E-state index is 12.4. The summed E-state index contributed by atoms with van der Waals surface area (Å²) in [6, 6.07) is 13.2. The molecule has 0 spiro atoms. The lowest BCUT2D eigenvalue weighted by Crippen LogP contribution is -2.22. The predicted octanol–water partition coefficient (Wildman–Crippen LogP) is 4.21. The van der Waals surface area contributed by atoms with Gasteiger partial charge in [0.05, 0.1) is 21.3 Å². The average molecular weight is 397 g/mol. The van der Waals surface area contributed by atoms with E-state index < -0.39 is 25.6 Å². The summed E-state index contributed by atoms with van der Waals surface area (Å²) >= 11 is 0. The van der Waals surface area contributed by atoms with Gasteiger partial charge >= 0.3 is 0 Å². The summed E-state index contributed by atoms with van der Waals surface area (Å²) in [6.45, 7) is 9.41. The summed E-state index contributed by atoms with van der Waals surface area (Å²) in [5.41, 5.74) is 1.95. The zero-order valence-electron chi connectivity index (χ0n) is 16.1. The van der Waals surface area contributed by atoms with Crippen molar-refractivity contribution in [1.82, 2.24) is 0 Å². The molecule has 0 N–H and O–H groups in total. The van der Waals surface area contributed by atoms with Crippen LogP contribution in [0.4, 0.5) is 0 Å². The Bertz CT molecular complexity index is 818. The third-order valence-electron chi connectivity index (χ3n) is 3.77. The van der Waals surface area contributed by atoms with Crippen molar-refractivity contribution in [3.8, 4) is 0 Å². The molecule has 0 atom stereocenters. The zero-order valence-corrected chi connectivity index (χ0v) is 17.7. The Morgan fingerprint density at radius 3 is 1.19 bits per heavy atom. The molecule has 0 aliphatic carbocycles. The zero-order chi connectivity index (χ0) is 20.0. The van der Waals surface area contributed by atoms with Crippen molar-refractivity contribution in [3.63, 3.8) is 0 Å². The molecule has 26 heavy (non-hydrogen) atoms. The van der Waals surface area contributed by atoms with Crippen molar-refractivity contribution in [2.45, 2.75) is 44.4 Å². The van der Waals surface area contributed by atoms with E-state index in [9.17, 15) is 16.8 Å². The van der Waals surface area contributed by atoms with Crippen molar-refractivity contribution in [1.29, 1.82) is 0 Å². The molecule has 0 unspecified atom stereocenters. The maximum atomic E-state index is 12.4. The quantitative estimate of drug-likeness (QED) is 0.733. The van der Waals surface area contributed by atoms with Gasteiger partial charge in [-0.05, 0) is 44.0 Å². The molecule has 0 heterocycles. The van der Waals surface area contributed by atoms with E-state index in [0.717, 1.165) is 11.1 Å². The molecule has 0 fully saturated rings. The van der Waals surface area contributed by atoms with Crippen LogP contribution in [0.2, 0.25) is 0 Å². The first-order valence-corrected chi connectivity index (χ1v) is 12.0. The monoisotopic (exact) mass is 396 g/mol. The first-order chi connectivity index (χ1) is 12.1. The lowest BCUT2D eigenvalue weighted by atomic mass is 10.2. The minimum Gasteiger partial charge on any atom is -0.224 e. The molecule has 0 amide bonds. The Kier molecular flexibility index (Phi) is 8.03. The van der Waals surface area contributed by atoms with Crippen LogP contribution < -0.4 is 0 Å². The van der Waals surface area contributed by atoms with E-state index in [1.54, 1.807) is 55.5 Å². The van der Waals surface area contributed by atoms with Gasteiger partial charge in [-0.3, -0.25) is 0 Å². The van der Waals surface area contributed by atoms with Crippen molar-refractivity contribution < 1.29 is 16.8 Å². The Morgan fingerprint density at radius 2 is 0.923 bits per heavy atom. The van der Waals surface area contributed by atoms with Crippen LogP contribution in [-0.4, -0.2) is 28.3 Å². The lowest BCUT2D eigenvalue weighted by molar-refractivity contribution is 0.570. The molecule has 0 aliphatic heterocycles. The van der Waals surface area contributed by atoms with Crippen molar-refractivity contribution >= 4 is 19.7 Å². The molecule has 0 saturated carbocycles. The predicted molar refractivity (Wildman–Crippen MR) is 107 cm³/mol. The van der Waals surface area contributed by atoms with E-state index in [1.807, 2.05) is 27.7 Å². The third-order valence-corrected chi connectivity index (χ3v) is 7.76. The van der Waals surface area contributed by atoms with E-state index in [2.05, 4.69) is 0 Å². The van der Waals surface area contributed by atoms with Crippen LogP contribution in [-0.2, 0) is 19.7 Å². The highest BCUT2D eigenvalue weighted by molar-refractivity contribution is 7.92. The summed E-state index contributed by atoms with van der Waals surface area (Å²) in [6.07, 6.45) is 0. The molecular formula is C20H28O4S2. The number of rotatable bonds is 6. The molecule has 0 bridgehead atoms. The van der Waals surface area contributed by atoms with Crippen LogP contribution in [0.3, 0.4) is 0 Å². The fourth-order valence-electron chi connectivity index (χ4n) is 2.48. The molecule has 4 nitrogen and oxygen atoms in total. The fourth-order valence-corrected chi connectivity index (χ4v) is 5.85. The number of sulfone groups is 2. The van der Waals surface area contributed by atoms with Crippen molar-refractivity contribution in [3.05, 3.63) is 59.7 Å². The normalized spacial score (nSPS) is 11.8. The van der Waals surface area contributed by atoms with Crippen molar-refractivity contribution in [2.24, 2.45) is 5.92 Å². The van der Waals surface area contributed by atoms with Gasteiger partial charge in [0.1, 0.15) is 0 Å². The summed E-state index contributed by atoms with van der Waals surface area (Å²) in [4.78, 5) is 0.459. The Labute approximate surface area is 158 Å². The lowest BCUT2D eigenvalue weighted by Gasteiger charge is -2.13. The smallest absolute Gasteiger partial charge is 0.178 e. The first-order valence-electron chi connectivity index (χ1n) is 8.69. The maximum Gasteiger partial charge on any atom is 0.178 e. The van der Waals surface area contributed by atoms with Gasteiger partial charge in [0.15, 0.2) is 19.7 Å². The summed E-state index contributed by atoms with van der Waals surface area (Å²) < 4.78 is 49.7. The summed E-state index contributed by atoms with van der Waals surface area (Å²) in [5, 5.41) is 0. The molecule has 0 aromatic heterocycles. The number of hydrogen-bond acceptors (Lipinski definition) is 4. The van der Waals surface area contributed by atoms with Gasteiger partial charge in [0.2, 0.25) is 0 Å². The van der Waals surface area contributed by atoms with Gasteiger partial charge in [-0.15, -0.1) is 0 Å². The van der Waals surface area contributed by atoms with Gasteiger partial charge in [-0.1, -0.05) is 56.2 Å². The molecule has 0 saturated heterocycles. The van der Waals surface area contributed by atoms with Gasteiger partial charge in [-0.2, -0.15) is 0 Å². The summed E-state index contributed by atoms with van der Waals surface area (Å²) in [7, 11) is -7.00. The molecule has 2 rings (SSSR count). The van der Waals surface area contributed by atoms with E-state index in [0.29, 0.717) is 0 Å². The van der Waals surface area contributed by atoms with Crippen LogP contribution in [0.1, 0.15) is 31.9 Å². The number of benzene rings is 2. The second-order valence-corrected chi connectivity index (χ2v) is 10.4. The minimum absolute atomic E-state index is 0.193. The van der Waals surface area contributed by atoms with Crippen LogP contribution in [0.5, 0.6) is 0 Å².